The van der Waals surface area contributed by atoms with E-state index in [0.717, 1.165) is 14.7 Å². The van der Waals surface area contributed by atoms with Gasteiger partial charge in [-0.15, -0.1) is 0 Å². The molecule has 0 radical (unpaired) electrons. The van der Waals surface area contributed by atoms with E-state index in [9.17, 15) is 4.79 Å². The van der Waals surface area contributed by atoms with E-state index in [0.29, 0.717) is 15.1 Å². The Labute approximate surface area is 175 Å². The van der Waals surface area contributed by atoms with Gasteiger partial charge in [-0.3, -0.25) is 4.79 Å². The second-order valence-electron chi connectivity index (χ2n) is 5.73. The number of rotatable bonds is 5. The van der Waals surface area contributed by atoms with Crippen molar-refractivity contribution in [3.8, 4) is 0 Å². The SMILES string of the molecule is CCC(=O)OS(c1ccc(Cl)cc1)(c1ccc(Cl)cc1)c1ccc(Cl)cc1. The summed E-state index contributed by atoms with van der Waals surface area (Å²) in [4.78, 5) is 15.0. The molecule has 0 N–H and O–H groups in total. The van der Waals surface area contributed by atoms with Crippen LogP contribution in [0.3, 0.4) is 0 Å². The van der Waals surface area contributed by atoms with Gasteiger partial charge in [0.1, 0.15) is 0 Å². The number of carbonyl (C=O) groups excluding carboxylic acids is 1. The van der Waals surface area contributed by atoms with Crippen molar-refractivity contribution in [2.45, 2.75) is 28.0 Å². The molecule has 27 heavy (non-hydrogen) atoms. The molecule has 0 aliphatic heterocycles. The number of benzene rings is 3. The van der Waals surface area contributed by atoms with Gasteiger partial charge < -0.3 is 4.18 Å². The minimum absolute atomic E-state index is 0.267. The van der Waals surface area contributed by atoms with Crippen molar-refractivity contribution in [2.24, 2.45) is 0 Å². The molecule has 0 aromatic heterocycles. The third-order valence-electron chi connectivity index (χ3n) is 3.94. The maximum Gasteiger partial charge on any atom is 0.316 e. The van der Waals surface area contributed by atoms with E-state index >= 15 is 0 Å². The molecule has 0 bridgehead atoms. The third-order valence-corrected chi connectivity index (χ3v) is 7.94. The lowest BCUT2D eigenvalue weighted by Gasteiger charge is -2.39. The van der Waals surface area contributed by atoms with Gasteiger partial charge in [-0.25, -0.2) is 0 Å². The van der Waals surface area contributed by atoms with Crippen molar-refractivity contribution in [3.05, 3.63) is 87.9 Å². The number of hydrogen-bond acceptors (Lipinski definition) is 2. The summed E-state index contributed by atoms with van der Waals surface area (Å²) in [5.74, 6) is -0.287. The molecule has 0 amide bonds. The van der Waals surface area contributed by atoms with Crippen LogP contribution in [0.5, 0.6) is 0 Å². The molecule has 0 fully saturated rings. The van der Waals surface area contributed by atoms with Crippen LogP contribution in [0.2, 0.25) is 15.1 Å². The highest BCUT2D eigenvalue weighted by atomic mass is 35.5. The van der Waals surface area contributed by atoms with Crippen molar-refractivity contribution in [2.75, 3.05) is 0 Å². The number of halogens is 3. The molecule has 0 saturated heterocycles. The van der Waals surface area contributed by atoms with Crippen molar-refractivity contribution in [1.29, 1.82) is 0 Å². The van der Waals surface area contributed by atoms with E-state index in [1.165, 1.54) is 0 Å². The smallest absolute Gasteiger partial charge is 0.316 e. The van der Waals surface area contributed by atoms with Gasteiger partial charge in [-0.1, -0.05) is 41.7 Å². The summed E-state index contributed by atoms with van der Waals surface area (Å²) in [6, 6.07) is 22.1. The first-order valence-corrected chi connectivity index (χ1v) is 11.0. The van der Waals surface area contributed by atoms with E-state index in [1.54, 1.807) is 43.3 Å². The first-order valence-electron chi connectivity index (χ1n) is 8.28. The largest absolute Gasteiger partial charge is 0.402 e. The van der Waals surface area contributed by atoms with Crippen LogP contribution < -0.4 is 0 Å². The maximum absolute atomic E-state index is 12.5. The van der Waals surface area contributed by atoms with E-state index < -0.39 is 10.3 Å². The number of hydrogen-bond donors (Lipinski definition) is 0. The van der Waals surface area contributed by atoms with Gasteiger partial charge >= 0.3 is 5.97 Å². The van der Waals surface area contributed by atoms with E-state index in [-0.39, 0.29) is 12.4 Å². The van der Waals surface area contributed by atoms with Crippen molar-refractivity contribution in [3.63, 3.8) is 0 Å². The number of carbonyl (C=O) groups is 1. The maximum atomic E-state index is 12.5. The lowest BCUT2D eigenvalue weighted by atomic mass is 10.3. The molecule has 3 rings (SSSR count). The molecule has 3 aromatic carbocycles. The van der Waals surface area contributed by atoms with Gasteiger partial charge in [0.15, 0.2) is 0 Å². The lowest BCUT2D eigenvalue weighted by molar-refractivity contribution is -0.133. The standard InChI is InChI=1S/C21H17Cl3O2S/c1-2-21(25)26-27(18-9-3-15(22)4-10-18,19-11-5-16(23)6-12-19)20-13-7-17(24)8-14-20/h3-14H,2H2,1H3. The van der Waals surface area contributed by atoms with Gasteiger partial charge in [0.05, 0.1) is 0 Å². The minimum Gasteiger partial charge on any atom is -0.402 e. The van der Waals surface area contributed by atoms with Crippen LogP contribution in [0.1, 0.15) is 13.3 Å². The van der Waals surface area contributed by atoms with E-state index in [4.69, 9.17) is 39.0 Å². The topological polar surface area (TPSA) is 26.3 Å². The molecule has 6 heteroatoms. The average Bonchev–Trinajstić information content (AvgIpc) is 2.68. The van der Waals surface area contributed by atoms with Crippen molar-refractivity contribution >= 4 is 51.1 Å². The minimum atomic E-state index is -2.32. The van der Waals surface area contributed by atoms with Gasteiger partial charge in [0.25, 0.3) is 0 Å². The van der Waals surface area contributed by atoms with Gasteiger partial charge in [-0.05, 0) is 83.1 Å². The highest BCUT2D eigenvalue weighted by Crippen LogP contribution is 2.69. The summed E-state index contributed by atoms with van der Waals surface area (Å²) in [5.41, 5.74) is 0. The fraction of sp³-hybridized carbons (Fsp3) is 0.0952. The molecule has 3 aromatic rings. The molecule has 140 valence electrons. The van der Waals surface area contributed by atoms with Crippen LogP contribution in [-0.2, 0) is 8.98 Å². The Morgan fingerprint density at radius 2 is 1.00 bits per heavy atom. The Balaban J connectivity index is 2.32. The van der Waals surface area contributed by atoms with Crippen LogP contribution in [0.15, 0.2) is 87.5 Å². The van der Waals surface area contributed by atoms with E-state index in [2.05, 4.69) is 0 Å². The molecular weight excluding hydrogens is 423 g/mol. The zero-order valence-corrected chi connectivity index (χ0v) is 17.6. The Bertz CT molecular complexity index is 812. The highest BCUT2D eigenvalue weighted by Gasteiger charge is 2.35. The quantitative estimate of drug-likeness (QED) is 0.405. The second-order valence-corrected chi connectivity index (χ2v) is 9.73. The summed E-state index contributed by atoms with van der Waals surface area (Å²) >= 11 is 18.3. The Morgan fingerprint density at radius 3 is 1.26 bits per heavy atom. The van der Waals surface area contributed by atoms with Crippen molar-refractivity contribution < 1.29 is 8.98 Å². The van der Waals surface area contributed by atoms with Gasteiger partial charge in [-0.2, -0.15) is 0 Å². The Morgan fingerprint density at radius 1 is 0.704 bits per heavy atom. The third kappa shape index (κ3) is 4.27. The van der Waals surface area contributed by atoms with E-state index in [1.807, 2.05) is 36.4 Å². The summed E-state index contributed by atoms with van der Waals surface area (Å²) in [5, 5.41) is 1.84. The lowest BCUT2D eigenvalue weighted by Crippen LogP contribution is -2.13. The molecule has 0 saturated carbocycles. The molecule has 2 nitrogen and oxygen atoms in total. The fourth-order valence-corrected chi connectivity index (χ4v) is 6.07. The summed E-state index contributed by atoms with van der Waals surface area (Å²) in [6.45, 7) is 1.78. The summed E-state index contributed by atoms with van der Waals surface area (Å²) in [7, 11) is -2.32. The molecule has 0 atom stereocenters. The molecule has 0 spiro atoms. The fourth-order valence-electron chi connectivity index (χ4n) is 2.63. The van der Waals surface area contributed by atoms with Crippen LogP contribution >= 0.6 is 45.1 Å². The first kappa shape index (κ1) is 20.1. The monoisotopic (exact) mass is 438 g/mol. The van der Waals surface area contributed by atoms with Gasteiger partial charge in [0.2, 0.25) is 0 Å². The molecule has 0 unspecified atom stereocenters. The predicted molar refractivity (Wildman–Crippen MR) is 113 cm³/mol. The Hall–Kier alpha value is -1.65. The van der Waals surface area contributed by atoms with Crippen molar-refractivity contribution in [1.82, 2.24) is 0 Å². The molecule has 0 heterocycles. The molecule has 0 aliphatic rings. The van der Waals surface area contributed by atoms with Gasteiger partial charge in [0, 0.05) is 36.2 Å². The zero-order valence-electron chi connectivity index (χ0n) is 14.5. The second kappa shape index (κ2) is 8.57. The van der Waals surface area contributed by atoms with Crippen LogP contribution in [0, 0.1) is 0 Å². The normalized spacial score (nSPS) is 11.9. The van der Waals surface area contributed by atoms with Crippen LogP contribution in [0.4, 0.5) is 0 Å². The summed E-state index contributed by atoms with van der Waals surface area (Å²) < 4.78 is 6.18. The molecular formula is C21H17Cl3O2S. The molecule has 0 aliphatic carbocycles. The zero-order chi connectivity index (χ0) is 19.4. The van der Waals surface area contributed by atoms with Crippen LogP contribution in [0.25, 0.3) is 0 Å². The highest BCUT2D eigenvalue weighted by molar-refractivity contribution is 8.30. The first-order chi connectivity index (χ1) is 13.0. The summed E-state index contributed by atoms with van der Waals surface area (Å²) in [6.07, 6.45) is 0.267. The average molecular weight is 440 g/mol. The Kier molecular flexibility index (Phi) is 6.38. The van der Waals surface area contributed by atoms with Crippen LogP contribution in [-0.4, -0.2) is 5.97 Å². The predicted octanol–water partition coefficient (Wildman–Crippen LogP) is 7.80.